The van der Waals surface area contributed by atoms with Crippen molar-refractivity contribution in [2.24, 2.45) is 4.99 Å². The Bertz CT molecular complexity index is 1140. The maximum Gasteiger partial charge on any atom is 0.163 e. The number of amidine groups is 1. The van der Waals surface area contributed by atoms with E-state index < -0.39 is 0 Å². The minimum atomic E-state index is 0.177. The van der Waals surface area contributed by atoms with Gasteiger partial charge in [-0.2, -0.15) is 0 Å². The second-order valence-electron chi connectivity index (χ2n) is 8.81. The predicted octanol–water partition coefficient (Wildman–Crippen LogP) is 5.77. The highest BCUT2D eigenvalue weighted by Crippen LogP contribution is 2.24. The normalized spacial score (nSPS) is 13.2. The van der Waals surface area contributed by atoms with Crippen LogP contribution in [-0.2, 0) is 13.0 Å². The molecule has 1 aliphatic rings. The molecule has 0 atom stereocenters. The summed E-state index contributed by atoms with van der Waals surface area (Å²) in [6.45, 7) is 7.77. The van der Waals surface area contributed by atoms with Crippen molar-refractivity contribution < 1.29 is 4.79 Å². The summed E-state index contributed by atoms with van der Waals surface area (Å²) in [5.41, 5.74) is 8.68. The van der Waals surface area contributed by atoms with Crippen LogP contribution in [0.4, 0.5) is 0 Å². The molecule has 164 valence electrons. The van der Waals surface area contributed by atoms with Gasteiger partial charge in [-0.1, -0.05) is 29.3 Å². The average Bonchev–Trinajstić information content (AvgIpc) is 3.29. The number of hydrogen-bond acceptors (Lipinski definition) is 4. The van der Waals surface area contributed by atoms with Crippen molar-refractivity contribution in [2.45, 2.75) is 53.0 Å². The van der Waals surface area contributed by atoms with Gasteiger partial charge in [0.15, 0.2) is 5.78 Å². The number of carbonyl (C=O) groups is 1. The van der Waals surface area contributed by atoms with Gasteiger partial charge in [0, 0.05) is 43.4 Å². The minimum absolute atomic E-state index is 0.177. The number of rotatable bonds is 7. The zero-order valence-electron chi connectivity index (χ0n) is 19.2. The number of pyridine rings is 1. The Balaban J connectivity index is 1.57. The molecule has 1 aromatic heterocycles. The number of carbonyl (C=O) groups excluding carboxylic acids is 1. The number of ketones is 1. The Kier molecular flexibility index (Phi) is 6.79. The van der Waals surface area contributed by atoms with Crippen LogP contribution in [0.15, 0.2) is 59.7 Å². The number of aromatic nitrogens is 1. The molecule has 4 heteroatoms. The first-order valence-corrected chi connectivity index (χ1v) is 11.4. The molecular formula is C28H31N3O. The van der Waals surface area contributed by atoms with Gasteiger partial charge >= 0.3 is 0 Å². The predicted molar refractivity (Wildman–Crippen MR) is 131 cm³/mol. The Morgan fingerprint density at radius 3 is 2.47 bits per heavy atom. The Hall–Kier alpha value is -3.27. The second-order valence-corrected chi connectivity index (χ2v) is 8.81. The van der Waals surface area contributed by atoms with Gasteiger partial charge in [0.1, 0.15) is 0 Å². The third-order valence-electron chi connectivity index (χ3n) is 5.84. The summed E-state index contributed by atoms with van der Waals surface area (Å²) in [5, 5.41) is 3.45. The monoisotopic (exact) mass is 425 g/mol. The molecule has 0 amide bonds. The molecule has 0 aliphatic carbocycles. The van der Waals surface area contributed by atoms with E-state index in [4.69, 9.17) is 0 Å². The first kappa shape index (κ1) is 21.9. The molecule has 0 bridgehead atoms. The number of aryl methyl sites for hydroxylation is 4. The molecule has 0 spiro atoms. The van der Waals surface area contributed by atoms with Crippen LogP contribution in [0, 0.1) is 20.8 Å². The topological polar surface area (TPSA) is 54.4 Å². The summed E-state index contributed by atoms with van der Waals surface area (Å²) in [7, 11) is 0. The van der Waals surface area contributed by atoms with Crippen molar-refractivity contribution in [3.8, 4) is 11.1 Å². The van der Waals surface area contributed by atoms with E-state index in [1.165, 1.54) is 16.7 Å². The number of nitrogens with one attached hydrogen (secondary N) is 1. The maximum absolute atomic E-state index is 13.2. The van der Waals surface area contributed by atoms with Gasteiger partial charge in [-0.25, -0.2) is 0 Å². The molecule has 0 fully saturated rings. The van der Waals surface area contributed by atoms with E-state index in [1.807, 2.05) is 31.3 Å². The van der Waals surface area contributed by atoms with Crippen molar-refractivity contribution in [3.05, 3.63) is 88.2 Å². The molecular weight excluding hydrogens is 394 g/mol. The lowest BCUT2D eigenvalue weighted by molar-refractivity contribution is 0.0982. The minimum Gasteiger partial charge on any atom is -0.370 e. The molecule has 2 aromatic carbocycles. The summed E-state index contributed by atoms with van der Waals surface area (Å²) in [4.78, 5) is 22.0. The number of Topliss-reactive ketones (excluding diaryl/α,β-unsaturated/α-hetero) is 1. The van der Waals surface area contributed by atoms with Crippen molar-refractivity contribution >= 4 is 11.6 Å². The van der Waals surface area contributed by atoms with E-state index in [1.54, 1.807) is 0 Å². The fourth-order valence-electron chi connectivity index (χ4n) is 4.35. The first-order valence-electron chi connectivity index (χ1n) is 11.4. The van der Waals surface area contributed by atoms with Crippen LogP contribution >= 0.6 is 0 Å². The largest absolute Gasteiger partial charge is 0.370 e. The Labute approximate surface area is 190 Å². The summed E-state index contributed by atoms with van der Waals surface area (Å²) in [6.07, 6.45) is 5.20. The van der Waals surface area contributed by atoms with Crippen LogP contribution in [0.1, 0.15) is 57.6 Å². The van der Waals surface area contributed by atoms with Crippen LogP contribution in [0.25, 0.3) is 11.1 Å². The second kappa shape index (κ2) is 9.90. The SMILES string of the molecule is Cc1cc(C)cc(CCC(=O)c2cc(CNC3=NCCC3)cc(-c3ccnc(C)c3)c2)c1. The Morgan fingerprint density at radius 1 is 0.938 bits per heavy atom. The van der Waals surface area contributed by atoms with Gasteiger partial charge in [-0.3, -0.25) is 14.8 Å². The van der Waals surface area contributed by atoms with Gasteiger partial charge < -0.3 is 5.32 Å². The quantitative estimate of drug-likeness (QED) is 0.489. The molecule has 4 nitrogen and oxygen atoms in total. The fraction of sp³-hybridized carbons (Fsp3) is 0.321. The summed E-state index contributed by atoms with van der Waals surface area (Å²) < 4.78 is 0. The molecule has 0 saturated heterocycles. The molecule has 1 N–H and O–H groups in total. The van der Waals surface area contributed by atoms with E-state index in [0.717, 1.165) is 59.6 Å². The van der Waals surface area contributed by atoms with Gasteiger partial charge in [-0.15, -0.1) is 0 Å². The van der Waals surface area contributed by atoms with Crippen LogP contribution in [0.3, 0.4) is 0 Å². The van der Waals surface area contributed by atoms with Crippen LogP contribution in [0.2, 0.25) is 0 Å². The van der Waals surface area contributed by atoms with Gasteiger partial charge in [0.25, 0.3) is 0 Å². The lowest BCUT2D eigenvalue weighted by atomic mass is 9.95. The van der Waals surface area contributed by atoms with Crippen molar-refractivity contribution in [1.29, 1.82) is 0 Å². The molecule has 2 heterocycles. The number of hydrogen-bond donors (Lipinski definition) is 1. The Morgan fingerprint density at radius 2 is 1.75 bits per heavy atom. The highest BCUT2D eigenvalue weighted by Gasteiger charge is 2.12. The third-order valence-corrected chi connectivity index (χ3v) is 5.84. The fourth-order valence-corrected chi connectivity index (χ4v) is 4.35. The van der Waals surface area contributed by atoms with E-state index in [0.29, 0.717) is 13.0 Å². The number of benzene rings is 2. The maximum atomic E-state index is 13.2. The zero-order chi connectivity index (χ0) is 22.5. The lowest BCUT2D eigenvalue weighted by Gasteiger charge is -2.12. The molecule has 1 aliphatic heterocycles. The standard InChI is InChI=1S/C28H31N3O/c1-19-11-20(2)13-22(12-19)6-7-27(32)26-16-23(18-31-28-5-4-9-30-28)15-25(17-26)24-8-10-29-21(3)14-24/h8,10-17H,4-7,9,18H2,1-3H3,(H,30,31). The summed E-state index contributed by atoms with van der Waals surface area (Å²) in [6, 6.07) is 16.8. The third kappa shape index (κ3) is 5.70. The molecule has 0 saturated carbocycles. The van der Waals surface area contributed by atoms with Crippen molar-refractivity contribution in [1.82, 2.24) is 10.3 Å². The number of nitrogens with zero attached hydrogens (tertiary/aromatic N) is 2. The average molecular weight is 426 g/mol. The van der Waals surface area contributed by atoms with Crippen molar-refractivity contribution in [2.75, 3.05) is 6.54 Å². The highest BCUT2D eigenvalue weighted by atomic mass is 16.1. The van der Waals surface area contributed by atoms with E-state index in [-0.39, 0.29) is 5.78 Å². The van der Waals surface area contributed by atoms with E-state index in [9.17, 15) is 4.79 Å². The van der Waals surface area contributed by atoms with Crippen molar-refractivity contribution in [3.63, 3.8) is 0 Å². The summed E-state index contributed by atoms with van der Waals surface area (Å²) >= 11 is 0. The summed E-state index contributed by atoms with van der Waals surface area (Å²) in [5.74, 6) is 1.24. The first-order chi connectivity index (χ1) is 15.5. The molecule has 3 aromatic rings. The van der Waals surface area contributed by atoms with Gasteiger partial charge in [0.2, 0.25) is 0 Å². The lowest BCUT2D eigenvalue weighted by Crippen LogP contribution is -2.20. The zero-order valence-corrected chi connectivity index (χ0v) is 19.2. The van der Waals surface area contributed by atoms with Gasteiger partial charge in [-0.05, 0) is 86.2 Å². The smallest absolute Gasteiger partial charge is 0.163 e. The van der Waals surface area contributed by atoms with Crippen LogP contribution in [0.5, 0.6) is 0 Å². The number of aliphatic imine (C=N–C) groups is 1. The molecule has 4 rings (SSSR count). The molecule has 32 heavy (non-hydrogen) atoms. The van der Waals surface area contributed by atoms with Crippen LogP contribution in [-0.4, -0.2) is 23.1 Å². The van der Waals surface area contributed by atoms with E-state index >= 15 is 0 Å². The highest BCUT2D eigenvalue weighted by molar-refractivity contribution is 5.97. The van der Waals surface area contributed by atoms with Gasteiger partial charge in [0.05, 0.1) is 5.84 Å². The molecule has 0 radical (unpaired) electrons. The van der Waals surface area contributed by atoms with E-state index in [2.05, 4.69) is 59.5 Å². The van der Waals surface area contributed by atoms with Crippen LogP contribution < -0.4 is 5.32 Å². The molecule has 0 unspecified atom stereocenters.